The monoisotopic (exact) mass is 310 g/mol. The second-order valence-electron chi connectivity index (χ2n) is 5.96. The van der Waals surface area contributed by atoms with E-state index in [2.05, 4.69) is 5.32 Å². The Morgan fingerprint density at radius 2 is 2.05 bits per heavy atom. The summed E-state index contributed by atoms with van der Waals surface area (Å²) in [5, 5.41) is 3.85. The molecule has 2 aliphatic rings. The van der Waals surface area contributed by atoms with Crippen molar-refractivity contribution < 1.29 is 9.18 Å². The van der Waals surface area contributed by atoms with E-state index >= 15 is 0 Å². The normalized spacial score (nSPS) is 23.5. The minimum absolute atomic E-state index is 0.122. The third-order valence-corrected chi connectivity index (χ3v) is 4.89. The van der Waals surface area contributed by atoms with Gasteiger partial charge in [0.2, 0.25) is 0 Å². The van der Waals surface area contributed by atoms with Gasteiger partial charge in [-0.05, 0) is 56.3 Å². The number of benzene rings is 1. The van der Waals surface area contributed by atoms with E-state index < -0.39 is 5.82 Å². The van der Waals surface area contributed by atoms with Gasteiger partial charge in [0.15, 0.2) is 0 Å². The molecular formula is C16H20ClFN2O. The summed E-state index contributed by atoms with van der Waals surface area (Å²) < 4.78 is 13.8. The van der Waals surface area contributed by atoms with Gasteiger partial charge in [-0.3, -0.25) is 4.79 Å². The number of hydrogen-bond acceptors (Lipinski definition) is 2. The van der Waals surface area contributed by atoms with Crippen molar-refractivity contribution in [2.24, 2.45) is 5.92 Å². The summed E-state index contributed by atoms with van der Waals surface area (Å²) in [7, 11) is 0. The lowest BCUT2D eigenvalue weighted by molar-refractivity contribution is 0.0670. The van der Waals surface area contributed by atoms with Crippen LogP contribution in [0.15, 0.2) is 18.2 Å². The van der Waals surface area contributed by atoms with Crippen LogP contribution in [0.25, 0.3) is 0 Å². The van der Waals surface area contributed by atoms with Crippen LogP contribution in [0.5, 0.6) is 0 Å². The number of carbonyl (C=O) groups is 1. The molecule has 1 atom stereocenters. The lowest BCUT2D eigenvalue weighted by atomic mass is 9.88. The summed E-state index contributed by atoms with van der Waals surface area (Å²) in [5.74, 6) is -0.110. The van der Waals surface area contributed by atoms with Gasteiger partial charge in [-0.1, -0.05) is 11.6 Å². The number of amides is 1. The minimum atomic E-state index is -0.535. The van der Waals surface area contributed by atoms with E-state index in [9.17, 15) is 9.18 Å². The van der Waals surface area contributed by atoms with Gasteiger partial charge in [0, 0.05) is 24.2 Å². The Balaban J connectivity index is 1.62. The molecule has 3 rings (SSSR count). The van der Waals surface area contributed by atoms with E-state index in [0.29, 0.717) is 30.1 Å². The summed E-state index contributed by atoms with van der Waals surface area (Å²) in [4.78, 5) is 14.1. The van der Waals surface area contributed by atoms with Crippen molar-refractivity contribution in [3.8, 4) is 0 Å². The number of piperidine rings is 1. The van der Waals surface area contributed by atoms with Crippen LogP contribution in [0.1, 0.15) is 36.0 Å². The number of hydrogen-bond donors (Lipinski definition) is 1. The zero-order valence-electron chi connectivity index (χ0n) is 11.9. The molecule has 0 spiro atoms. The Kier molecular flexibility index (Phi) is 4.45. The highest BCUT2D eigenvalue weighted by molar-refractivity contribution is 6.30. The fraction of sp³-hybridized carbons (Fsp3) is 0.562. The number of nitrogens with one attached hydrogen (secondary N) is 1. The molecule has 2 heterocycles. The Morgan fingerprint density at radius 3 is 2.67 bits per heavy atom. The molecule has 1 N–H and O–H groups in total. The predicted molar refractivity (Wildman–Crippen MR) is 81.1 cm³/mol. The van der Waals surface area contributed by atoms with E-state index in [-0.39, 0.29) is 11.5 Å². The van der Waals surface area contributed by atoms with Crippen molar-refractivity contribution in [2.75, 3.05) is 19.6 Å². The number of halogens is 2. The van der Waals surface area contributed by atoms with Crippen LogP contribution in [0.4, 0.5) is 4.39 Å². The van der Waals surface area contributed by atoms with Crippen LogP contribution in [0.2, 0.25) is 5.02 Å². The van der Waals surface area contributed by atoms with Gasteiger partial charge >= 0.3 is 0 Å². The molecule has 5 heteroatoms. The van der Waals surface area contributed by atoms with E-state index in [0.717, 1.165) is 19.4 Å². The van der Waals surface area contributed by atoms with Crippen molar-refractivity contribution in [2.45, 2.75) is 31.7 Å². The second-order valence-corrected chi connectivity index (χ2v) is 6.39. The molecule has 2 fully saturated rings. The first-order chi connectivity index (χ1) is 10.1. The molecule has 0 aliphatic carbocycles. The highest BCUT2D eigenvalue weighted by Gasteiger charge is 2.30. The molecule has 1 unspecified atom stereocenters. The van der Waals surface area contributed by atoms with Gasteiger partial charge in [0.1, 0.15) is 5.82 Å². The SMILES string of the molecule is O=C(c1ccc(Cl)cc1F)N1CCC(C2CCCN2)CC1. The Labute approximate surface area is 129 Å². The van der Waals surface area contributed by atoms with E-state index in [4.69, 9.17) is 11.6 Å². The minimum Gasteiger partial charge on any atom is -0.339 e. The topological polar surface area (TPSA) is 32.3 Å². The van der Waals surface area contributed by atoms with Gasteiger partial charge in [-0.2, -0.15) is 0 Å². The molecule has 2 aliphatic heterocycles. The third kappa shape index (κ3) is 3.22. The maximum absolute atomic E-state index is 13.8. The Morgan fingerprint density at radius 1 is 1.29 bits per heavy atom. The molecule has 0 saturated carbocycles. The van der Waals surface area contributed by atoms with Gasteiger partial charge in [-0.15, -0.1) is 0 Å². The van der Waals surface area contributed by atoms with Gasteiger partial charge in [0.05, 0.1) is 5.56 Å². The first-order valence-electron chi connectivity index (χ1n) is 7.63. The fourth-order valence-corrected chi connectivity index (χ4v) is 3.61. The lowest BCUT2D eigenvalue weighted by Crippen LogP contribution is -2.43. The van der Waals surface area contributed by atoms with Gasteiger partial charge in [0.25, 0.3) is 5.91 Å². The van der Waals surface area contributed by atoms with Gasteiger partial charge in [-0.25, -0.2) is 4.39 Å². The van der Waals surface area contributed by atoms with Crippen molar-refractivity contribution in [3.63, 3.8) is 0 Å². The van der Waals surface area contributed by atoms with Crippen molar-refractivity contribution in [1.29, 1.82) is 0 Å². The Hall–Kier alpha value is -1.13. The quantitative estimate of drug-likeness (QED) is 0.910. The molecule has 3 nitrogen and oxygen atoms in total. The zero-order valence-corrected chi connectivity index (χ0v) is 12.7. The van der Waals surface area contributed by atoms with E-state index in [1.807, 2.05) is 0 Å². The van der Waals surface area contributed by atoms with Crippen LogP contribution in [0, 0.1) is 11.7 Å². The molecule has 1 aromatic carbocycles. The molecule has 114 valence electrons. The van der Waals surface area contributed by atoms with Crippen molar-refractivity contribution in [3.05, 3.63) is 34.6 Å². The van der Waals surface area contributed by atoms with Gasteiger partial charge < -0.3 is 10.2 Å². The van der Waals surface area contributed by atoms with E-state index in [1.54, 1.807) is 11.0 Å². The average molecular weight is 311 g/mol. The van der Waals surface area contributed by atoms with Crippen LogP contribution < -0.4 is 5.32 Å². The molecule has 0 bridgehead atoms. The van der Waals surface area contributed by atoms with E-state index in [1.165, 1.54) is 25.0 Å². The number of likely N-dealkylation sites (tertiary alicyclic amines) is 1. The molecular weight excluding hydrogens is 291 g/mol. The average Bonchev–Trinajstić information content (AvgIpc) is 3.01. The summed E-state index contributed by atoms with van der Waals surface area (Å²) >= 11 is 5.73. The highest BCUT2D eigenvalue weighted by atomic mass is 35.5. The standard InChI is InChI=1S/C16H20ClFN2O/c17-12-3-4-13(14(18)10-12)16(21)20-8-5-11(6-9-20)15-2-1-7-19-15/h3-4,10-11,15,19H,1-2,5-9H2. The first-order valence-corrected chi connectivity index (χ1v) is 8.00. The lowest BCUT2D eigenvalue weighted by Gasteiger charge is -2.35. The summed E-state index contributed by atoms with van der Waals surface area (Å²) in [6, 6.07) is 4.84. The summed E-state index contributed by atoms with van der Waals surface area (Å²) in [6.07, 6.45) is 4.49. The number of rotatable bonds is 2. The second kappa shape index (κ2) is 6.32. The zero-order chi connectivity index (χ0) is 14.8. The summed E-state index contributed by atoms with van der Waals surface area (Å²) in [5.41, 5.74) is 0.122. The fourth-order valence-electron chi connectivity index (χ4n) is 3.45. The molecule has 2 saturated heterocycles. The van der Waals surface area contributed by atoms with Crippen LogP contribution in [-0.2, 0) is 0 Å². The molecule has 1 aromatic rings. The molecule has 1 amide bonds. The number of carbonyl (C=O) groups excluding carboxylic acids is 1. The predicted octanol–water partition coefficient (Wildman–Crippen LogP) is 3.08. The molecule has 0 aromatic heterocycles. The van der Waals surface area contributed by atoms with Crippen LogP contribution >= 0.6 is 11.6 Å². The molecule has 21 heavy (non-hydrogen) atoms. The van der Waals surface area contributed by atoms with Crippen molar-refractivity contribution >= 4 is 17.5 Å². The van der Waals surface area contributed by atoms with Crippen molar-refractivity contribution in [1.82, 2.24) is 10.2 Å². The smallest absolute Gasteiger partial charge is 0.256 e. The van der Waals surface area contributed by atoms with Crippen LogP contribution in [-0.4, -0.2) is 36.5 Å². The summed E-state index contributed by atoms with van der Waals surface area (Å²) in [6.45, 7) is 2.54. The highest BCUT2D eigenvalue weighted by Crippen LogP contribution is 2.27. The largest absolute Gasteiger partial charge is 0.339 e. The molecule has 0 radical (unpaired) electrons. The maximum Gasteiger partial charge on any atom is 0.256 e. The number of nitrogens with zero attached hydrogens (tertiary/aromatic N) is 1. The first kappa shape index (κ1) is 14.8. The maximum atomic E-state index is 13.8. The third-order valence-electron chi connectivity index (χ3n) is 4.66. The van der Waals surface area contributed by atoms with Crippen LogP contribution in [0.3, 0.4) is 0 Å². The Bertz CT molecular complexity index is 523.